The molecule has 0 unspecified atom stereocenters. The van der Waals surface area contributed by atoms with Gasteiger partial charge in [0.1, 0.15) is 0 Å². The summed E-state index contributed by atoms with van der Waals surface area (Å²) < 4.78 is 0. The van der Waals surface area contributed by atoms with Gasteiger partial charge in [-0.25, -0.2) is 9.80 Å². The van der Waals surface area contributed by atoms with Crippen LogP contribution in [0.1, 0.15) is 0 Å². The van der Waals surface area contributed by atoms with Crippen molar-refractivity contribution >= 4 is 17.4 Å². The smallest absolute Gasteiger partial charge is 0.270 e. The number of carbonyl (C=O) groups is 1. The van der Waals surface area contributed by atoms with E-state index in [9.17, 15) is 4.79 Å². The molecule has 0 saturated carbocycles. The molecule has 0 heterocycles. The molecule has 0 aromatic heterocycles. The second-order valence-electron chi connectivity index (χ2n) is 4.32. The number of benzene rings is 2. The van der Waals surface area contributed by atoms with E-state index in [4.69, 9.17) is 0 Å². The first kappa shape index (κ1) is 13.1. The lowest BCUT2D eigenvalue weighted by Crippen LogP contribution is -2.44. The molecule has 19 heavy (non-hydrogen) atoms. The highest BCUT2D eigenvalue weighted by molar-refractivity contribution is 5.99. The van der Waals surface area contributed by atoms with Crippen LogP contribution in [0, 0.1) is 0 Å². The number of para-hydroxylation sites is 2. The number of hydrogen-bond acceptors (Lipinski definition) is 2. The first-order valence-corrected chi connectivity index (χ1v) is 6.06. The van der Waals surface area contributed by atoms with Crippen LogP contribution in [0.5, 0.6) is 0 Å². The summed E-state index contributed by atoms with van der Waals surface area (Å²) in [6, 6.07) is 18.9. The molecule has 2 aromatic carbocycles. The van der Waals surface area contributed by atoms with Crippen LogP contribution in [0.2, 0.25) is 0 Å². The van der Waals surface area contributed by atoms with Gasteiger partial charge in [-0.1, -0.05) is 36.4 Å². The van der Waals surface area contributed by atoms with Gasteiger partial charge in [-0.15, -0.1) is 0 Å². The first-order chi connectivity index (χ1) is 9.18. The number of amides is 2. The van der Waals surface area contributed by atoms with E-state index in [1.54, 1.807) is 24.0 Å². The van der Waals surface area contributed by atoms with Crippen molar-refractivity contribution in [2.24, 2.45) is 0 Å². The van der Waals surface area contributed by atoms with E-state index in [1.165, 1.54) is 0 Å². The molecule has 98 valence electrons. The SMILES string of the molecule is CN(C)NC(=O)N(c1ccccc1)c1ccccc1. The number of hydrogen-bond donors (Lipinski definition) is 1. The molecule has 4 heteroatoms. The molecule has 0 fully saturated rings. The van der Waals surface area contributed by atoms with Crippen molar-refractivity contribution < 1.29 is 4.79 Å². The number of rotatable bonds is 3. The second-order valence-corrected chi connectivity index (χ2v) is 4.32. The van der Waals surface area contributed by atoms with Crippen molar-refractivity contribution in [1.29, 1.82) is 0 Å². The summed E-state index contributed by atoms with van der Waals surface area (Å²) in [6.07, 6.45) is 0. The fourth-order valence-electron chi connectivity index (χ4n) is 1.78. The fourth-order valence-corrected chi connectivity index (χ4v) is 1.78. The zero-order chi connectivity index (χ0) is 13.7. The number of carbonyl (C=O) groups excluding carboxylic acids is 1. The van der Waals surface area contributed by atoms with Gasteiger partial charge in [-0.05, 0) is 24.3 Å². The van der Waals surface area contributed by atoms with Gasteiger partial charge in [-0.3, -0.25) is 10.3 Å². The Labute approximate surface area is 113 Å². The quantitative estimate of drug-likeness (QED) is 0.856. The topological polar surface area (TPSA) is 35.6 Å². The molecular weight excluding hydrogens is 238 g/mol. The maximum Gasteiger partial charge on any atom is 0.340 e. The van der Waals surface area contributed by atoms with Gasteiger partial charge in [0.2, 0.25) is 0 Å². The summed E-state index contributed by atoms with van der Waals surface area (Å²) in [7, 11) is 3.57. The molecule has 0 bridgehead atoms. The largest absolute Gasteiger partial charge is 0.340 e. The minimum Gasteiger partial charge on any atom is -0.270 e. The van der Waals surface area contributed by atoms with Crippen LogP contribution in [0.3, 0.4) is 0 Å². The first-order valence-electron chi connectivity index (χ1n) is 6.06. The molecule has 0 saturated heterocycles. The van der Waals surface area contributed by atoms with Crippen molar-refractivity contribution in [3.63, 3.8) is 0 Å². The van der Waals surface area contributed by atoms with Crippen molar-refractivity contribution in [3.05, 3.63) is 60.7 Å². The lowest BCUT2D eigenvalue weighted by molar-refractivity contribution is 0.220. The number of anilines is 2. The monoisotopic (exact) mass is 255 g/mol. The molecule has 0 aliphatic carbocycles. The van der Waals surface area contributed by atoms with Gasteiger partial charge in [0.05, 0.1) is 11.4 Å². The molecule has 2 aromatic rings. The Bertz CT molecular complexity index is 486. The van der Waals surface area contributed by atoms with E-state index in [0.29, 0.717) is 0 Å². The molecule has 0 aliphatic heterocycles. The van der Waals surface area contributed by atoms with Crippen LogP contribution in [0.4, 0.5) is 16.2 Å². The Hall–Kier alpha value is -2.33. The number of nitrogens with zero attached hydrogens (tertiary/aromatic N) is 2. The molecule has 0 atom stereocenters. The van der Waals surface area contributed by atoms with Gasteiger partial charge in [-0.2, -0.15) is 0 Å². The predicted molar refractivity (Wildman–Crippen MR) is 77.2 cm³/mol. The molecule has 0 aliphatic rings. The zero-order valence-corrected chi connectivity index (χ0v) is 11.1. The molecule has 2 amide bonds. The standard InChI is InChI=1S/C15H17N3O/c1-17(2)16-15(19)18(13-9-5-3-6-10-13)14-11-7-4-8-12-14/h3-12H,1-2H3,(H,16,19). The van der Waals surface area contributed by atoms with Gasteiger partial charge in [0, 0.05) is 14.1 Å². The van der Waals surface area contributed by atoms with Crippen LogP contribution < -0.4 is 10.3 Å². The van der Waals surface area contributed by atoms with E-state index < -0.39 is 0 Å². The minimum atomic E-state index is -0.192. The average molecular weight is 255 g/mol. The van der Waals surface area contributed by atoms with Crippen molar-refractivity contribution in [1.82, 2.24) is 10.4 Å². The van der Waals surface area contributed by atoms with Crippen LogP contribution in [0.15, 0.2) is 60.7 Å². The normalized spacial score (nSPS) is 10.3. The Morgan fingerprint density at radius 2 is 1.26 bits per heavy atom. The lowest BCUT2D eigenvalue weighted by atomic mass is 10.2. The Morgan fingerprint density at radius 3 is 1.63 bits per heavy atom. The van der Waals surface area contributed by atoms with E-state index >= 15 is 0 Å². The van der Waals surface area contributed by atoms with Crippen LogP contribution in [-0.4, -0.2) is 25.1 Å². The van der Waals surface area contributed by atoms with Gasteiger partial charge >= 0.3 is 6.03 Å². The Morgan fingerprint density at radius 1 is 0.842 bits per heavy atom. The third-order valence-electron chi connectivity index (χ3n) is 2.55. The average Bonchev–Trinajstić information content (AvgIpc) is 2.40. The zero-order valence-electron chi connectivity index (χ0n) is 11.1. The highest BCUT2D eigenvalue weighted by Crippen LogP contribution is 2.24. The van der Waals surface area contributed by atoms with Crippen LogP contribution in [-0.2, 0) is 0 Å². The number of nitrogens with one attached hydrogen (secondary N) is 1. The third-order valence-corrected chi connectivity index (χ3v) is 2.55. The summed E-state index contributed by atoms with van der Waals surface area (Å²) in [5.74, 6) is 0. The van der Waals surface area contributed by atoms with Crippen molar-refractivity contribution in [3.8, 4) is 0 Å². The second kappa shape index (κ2) is 6.02. The number of urea groups is 1. The summed E-state index contributed by atoms with van der Waals surface area (Å²) in [6.45, 7) is 0. The number of hydrazine groups is 1. The Kier molecular flexibility index (Phi) is 4.15. The highest BCUT2D eigenvalue weighted by Gasteiger charge is 2.17. The molecule has 1 N–H and O–H groups in total. The summed E-state index contributed by atoms with van der Waals surface area (Å²) in [4.78, 5) is 14.0. The third kappa shape index (κ3) is 3.33. The van der Waals surface area contributed by atoms with E-state index in [-0.39, 0.29) is 6.03 Å². The lowest BCUT2D eigenvalue weighted by Gasteiger charge is -2.25. The molecular formula is C15H17N3O. The minimum absolute atomic E-state index is 0.192. The fraction of sp³-hybridized carbons (Fsp3) is 0.133. The summed E-state index contributed by atoms with van der Waals surface area (Å²) in [5, 5.41) is 1.63. The van der Waals surface area contributed by atoms with Crippen LogP contribution in [0.25, 0.3) is 0 Å². The van der Waals surface area contributed by atoms with Crippen LogP contribution >= 0.6 is 0 Å². The molecule has 0 spiro atoms. The maximum atomic E-state index is 12.3. The molecule has 2 rings (SSSR count). The van der Waals surface area contributed by atoms with E-state index in [2.05, 4.69) is 5.43 Å². The highest BCUT2D eigenvalue weighted by atomic mass is 16.2. The van der Waals surface area contributed by atoms with Gasteiger partial charge in [0.25, 0.3) is 0 Å². The Balaban J connectivity index is 2.37. The maximum absolute atomic E-state index is 12.3. The predicted octanol–water partition coefficient (Wildman–Crippen LogP) is 3.01. The van der Waals surface area contributed by atoms with Gasteiger partial charge in [0.15, 0.2) is 0 Å². The molecule has 0 radical (unpaired) electrons. The van der Waals surface area contributed by atoms with E-state index in [1.807, 2.05) is 60.7 Å². The molecule has 4 nitrogen and oxygen atoms in total. The van der Waals surface area contributed by atoms with Crippen molar-refractivity contribution in [2.45, 2.75) is 0 Å². The summed E-state index contributed by atoms with van der Waals surface area (Å²) in [5.41, 5.74) is 4.41. The van der Waals surface area contributed by atoms with E-state index in [0.717, 1.165) is 11.4 Å². The van der Waals surface area contributed by atoms with Gasteiger partial charge < -0.3 is 0 Å². The summed E-state index contributed by atoms with van der Waals surface area (Å²) >= 11 is 0. The van der Waals surface area contributed by atoms with Crippen molar-refractivity contribution in [2.75, 3.05) is 19.0 Å².